The molecule has 0 atom stereocenters. The van der Waals surface area contributed by atoms with Crippen LogP contribution in [-0.4, -0.2) is 28.9 Å². The Kier molecular flexibility index (Phi) is 11.1. The molecule has 0 unspecified atom stereocenters. The molecule has 0 saturated carbocycles. The Bertz CT molecular complexity index is 1040. The summed E-state index contributed by atoms with van der Waals surface area (Å²) in [6.07, 6.45) is 0. The lowest BCUT2D eigenvalue weighted by Gasteiger charge is -2.09. The maximum Gasteiger partial charge on any atom is 0.258 e. The highest BCUT2D eigenvalue weighted by Gasteiger charge is 2.12. The summed E-state index contributed by atoms with van der Waals surface area (Å²) in [5, 5.41) is 5.38. The van der Waals surface area contributed by atoms with Crippen LogP contribution in [0, 0.1) is 13.8 Å². The zero-order valence-electron chi connectivity index (χ0n) is 19.8. The maximum absolute atomic E-state index is 12.5. The van der Waals surface area contributed by atoms with Gasteiger partial charge < -0.3 is 10.1 Å². The van der Waals surface area contributed by atoms with Crippen molar-refractivity contribution in [3.8, 4) is 5.75 Å². The molecule has 1 aromatic heterocycles. The van der Waals surface area contributed by atoms with E-state index in [1.165, 1.54) is 7.11 Å². The van der Waals surface area contributed by atoms with E-state index in [1.54, 1.807) is 49.4 Å². The van der Waals surface area contributed by atoms with Crippen LogP contribution in [0.25, 0.3) is 0 Å². The summed E-state index contributed by atoms with van der Waals surface area (Å²) in [5.74, 6) is 0.323. The number of aromatic nitrogens is 2. The molecule has 0 bridgehead atoms. The summed E-state index contributed by atoms with van der Waals surface area (Å²) in [6.45, 7) is 11.7. The van der Waals surface area contributed by atoms with E-state index < -0.39 is 0 Å². The lowest BCUT2D eigenvalue weighted by Crippen LogP contribution is -2.17. The van der Waals surface area contributed by atoms with E-state index in [0.29, 0.717) is 28.4 Å². The van der Waals surface area contributed by atoms with Gasteiger partial charge in [0.05, 0.1) is 7.11 Å². The standard InChI is InChI=1S/C21H20N4O3.2C2H6/c1-13-6-4-7-15(10-13)19(26)23-18-11-14(2)22-21(24-18)25-20(27)16-8-5-9-17(12-16)28-3;2*1-2/h4-12H,1-3H3,(H2,22,23,24,25,26,27);2*1-2H3. The summed E-state index contributed by atoms with van der Waals surface area (Å²) in [7, 11) is 1.53. The van der Waals surface area contributed by atoms with Gasteiger partial charge in [-0.2, -0.15) is 4.98 Å². The number of nitrogens with zero attached hydrogens (tertiary/aromatic N) is 2. The van der Waals surface area contributed by atoms with E-state index in [2.05, 4.69) is 20.6 Å². The Morgan fingerprint density at radius 1 is 0.781 bits per heavy atom. The molecule has 2 aromatic carbocycles. The first kappa shape index (κ1) is 26.3. The summed E-state index contributed by atoms with van der Waals surface area (Å²) < 4.78 is 5.13. The first-order chi connectivity index (χ1) is 15.4. The Labute approximate surface area is 190 Å². The Balaban J connectivity index is 0.00000121. The lowest BCUT2D eigenvalue weighted by atomic mass is 10.1. The summed E-state index contributed by atoms with van der Waals surface area (Å²) in [6, 6.07) is 15.6. The van der Waals surface area contributed by atoms with Crippen LogP contribution >= 0.6 is 0 Å². The third kappa shape index (κ3) is 7.83. The minimum atomic E-state index is -0.375. The molecular formula is C25H32N4O3. The minimum absolute atomic E-state index is 0.104. The molecule has 0 spiro atoms. The molecule has 32 heavy (non-hydrogen) atoms. The van der Waals surface area contributed by atoms with Gasteiger partial charge in [-0.3, -0.25) is 14.9 Å². The molecule has 0 saturated heterocycles. The van der Waals surface area contributed by atoms with Crippen LogP contribution in [0.4, 0.5) is 11.8 Å². The third-order valence-corrected chi connectivity index (χ3v) is 3.93. The summed E-state index contributed by atoms with van der Waals surface area (Å²) in [4.78, 5) is 33.3. The molecule has 1 heterocycles. The van der Waals surface area contributed by atoms with Gasteiger partial charge in [0.25, 0.3) is 11.8 Å². The Hall–Kier alpha value is -3.74. The van der Waals surface area contributed by atoms with Crippen molar-refractivity contribution in [1.82, 2.24) is 9.97 Å². The van der Waals surface area contributed by atoms with Crippen molar-refractivity contribution >= 4 is 23.6 Å². The number of carbonyl (C=O) groups excluding carboxylic acids is 2. The number of carbonyl (C=O) groups is 2. The van der Waals surface area contributed by atoms with Crippen LogP contribution in [0.2, 0.25) is 0 Å². The SMILES string of the molecule is CC.CC.COc1cccc(C(=O)Nc2nc(C)cc(NC(=O)c3cccc(C)c3)n2)c1. The predicted molar refractivity (Wildman–Crippen MR) is 130 cm³/mol. The number of benzene rings is 2. The van der Waals surface area contributed by atoms with Crippen LogP contribution in [0.5, 0.6) is 5.75 Å². The monoisotopic (exact) mass is 436 g/mol. The van der Waals surface area contributed by atoms with Crippen molar-refractivity contribution in [1.29, 1.82) is 0 Å². The molecule has 2 amide bonds. The number of methoxy groups -OCH3 is 1. The molecule has 7 nitrogen and oxygen atoms in total. The van der Waals surface area contributed by atoms with Crippen molar-refractivity contribution in [3.05, 3.63) is 77.0 Å². The van der Waals surface area contributed by atoms with Gasteiger partial charge >= 0.3 is 0 Å². The molecule has 3 aromatic rings. The largest absolute Gasteiger partial charge is 0.497 e. The summed E-state index contributed by atoms with van der Waals surface area (Å²) >= 11 is 0. The van der Waals surface area contributed by atoms with Crippen molar-refractivity contribution in [2.24, 2.45) is 0 Å². The van der Waals surface area contributed by atoms with Gasteiger partial charge in [-0.15, -0.1) is 0 Å². The number of aryl methyl sites for hydroxylation is 2. The van der Waals surface area contributed by atoms with Gasteiger partial charge in [0, 0.05) is 22.9 Å². The van der Waals surface area contributed by atoms with E-state index in [1.807, 2.05) is 46.8 Å². The number of hydrogen-bond donors (Lipinski definition) is 2. The van der Waals surface area contributed by atoms with Crippen molar-refractivity contribution in [2.75, 3.05) is 17.7 Å². The molecule has 0 aliphatic carbocycles. The number of amides is 2. The van der Waals surface area contributed by atoms with Gasteiger partial charge in [-0.25, -0.2) is 4.98 Å². The fraction of sp³-hybridized carbons (Fsp3) is 0.280. The van der Waals surface area contributed by atoms with Gasteiger partial charge in [0.1, 0.15) is 11.6 Å². The second kappa shape index (κ2) is 13.5. The highest BCUT2D eigenvalue weighted by molar-refractivity contribution is 6.05. The quantitative estimate of drug-likeness (QED) is 0.538. The first-order valence-corrected chi connectivity index (χ1v) is 10.6. The van der Waals surface area contributed by atoms with Gasteiger partial charge in [0.15, 0.2) is 0 Å². The second-order valence-electron chi connectivity index (χ2n) is 6.23. The normalized spacial score (nSPS) is 9.34. The van der Waals surface area contributed by atoms with Crippen molar-refractivity contribution in [3.63, 3.8) is 0 Å². The molecule has 0 aliphatic rings. The predicted octanol–water partition coefficient (Wildman–Crippen LogP) is 5.66. The van der Waals surface area contributed by atoms with Crippen LogP contribution in [0.1, 0.15) is 59.7 Å². The van der Waals surface area contributed by atoms with Crippen molar-refractivity contribution in [2.45, 2.75) is 41.5 Å². The molecule has 0 aliphatic heterocycles. The van der Waals surface area contributed by atoms with Crippen LogP contribution < -0.4 is 15.4 Å². The Morgan fingerprint density at radius 2 is 1.38 bits per heavy atom. The molecule has 0 fully saturated rings. The fourth-order valence-electron chi connectivity index (χ4n) is 2.60. The van der Waals surface area contributed by atoms with Crippen LogP contribution in [0.15, 0.2) is 54.6 Å². The van der Waals surface area contributed by atoms with E-state index in [-0.39, 0.29) is 17.8 Å². The molecular weight excluding hydrogens is 404 g/mol. The van der Waals surface area contributed by atoms with Crippen molar-refractivity contribution < 1.29 is 14.3 Å². The zero-order valence-corrected chi connectivity index (χ0v) is 19.8. The van der Waals surface area contributed by atoms with Gasteiger partial charge in [0.2, 0.25) is 5.95 Å². The zero-order chi connectivity index (χ0) is 24.1. The third-order valence-electron chi connectivity index (χ3n) is 3.93. The maximum atomic E-state index is 12.5. The average Bonchev–Trinajstić information content (AvgIpc) is 2.81. The van der Waals surface area contributed by atoms with E-state index in [9.17, 15) is 9.59 Å². The van der Waals surface area contributed by atoms with E-state index in [0.717, 1.165) is 5.56 Å². The minimum Gasteiger partial charge on any atom is -0.497 e. The van der Waals surface area contributed by atoms with Crippen LogP contribution in [0.3, 0.4) is 0 Å². The highest BCUT2D eigenvalue weighted by Crippen LogP contribution is 2.16. The Morgan fingerprint density at radius 3 is 2.00 bits per heavy atom. The highest BCUT2D eigenvalue weighted by atomic mass is 16.5. The van der Waals surface area contributed by atoms with E-state index in [4.69, 9.17) is 4.74 Å². The molecule has 2 N–H and O–H groups in total. The van der Waals surface area contributed by atoms with E-state index >= 15 is 0 Å². The topological polar surface area (TPSA) is 93.2 Å². The number of rotatable bonds is 5. The van der Waals surface area contributed by atoms with Gasteiger partial charge in [-0.1, -0.05) is 51.5 Å². The number of hydrogen-bond acceptors (Lipinski definition) is 5. The lowest BCUT2D eigenvalue weighted by molar-refractivity contribution is 0.101. The molecule has 170 valence electrons. The van der Waals surface area contributed by atoms with Crippen LogP contribution in [-0.2, 0) is 0 Å². The number of nitrogens with one attached hydrogen (secondary N) is 2. The fourth-order valence-corrected chi connectivity index (χ4v) is 2.60. The summed E-state index contributed by atoms with van der Waals surface area (Å²) in [5.41, 5.74) is 2.53. The number of ether oxygens (including phenoxy) is 1. The second-order valence-corrected chi connectivity index (χ2v) is 6.23. The average molecular weight is 437 g/mol. The number of anilines is 2. The molecule has 3 rings (SSSR count). The smallest absolute Gasteiger partial charge is 0.258 e. The first-order valence-electron chi connectivity index (χ1n) is 10.6. The molecule has 0 radical (unpaired) electrons. The van der Waals surface area contributed by atoms with Gasteiger partial charge in [-0.05, 0) is 44.2 Å². The molecule has 7 heteroatoms.